The van der Waals surface area contributed by atoms with Crippen molar-refractivity contribution in [2.24, 2.45) is 0 Å². The lowest BCUT2D eigenvalue weighted by Crippen LogP contribution is -2.53. The van der Waals surface area contributed by atoms with Crippen molar-refractivity contribution in [2.45, 2.75) is 43.8 Å². The van der Waals surface area contributed by atoms with E-state index in [9.17, 15) is 9.18 Å². The molecule has 1 spiro atoms. The summed E-state index contributed by atoms with van der Waals surface area (Å²) in [6, 6.07) is 2.94. The maximum Gasteiger partial charge on any atom is 0.302 e. The third-order valence-electron chi connectivity index (χ3n) is 4.47. The van der Waals surface area contributed by atoms with Gasteiger partial charge in [-0.05, 0) is 12.1 Å². The molecule has 3 rings (SSSR count). The number of rotatable bonds is 2. The van der Waals surface area contributed by atoms with Gasteiger partial charge >= 0.3 is 5.97 Å². The topological polar surface area (TPSA) is 57.7 Å². The monoisotopic (exact) mass is 309 g/mol. The summed E-state index contributed by atoms with van der Waals surface area (Å²) in [5, 5.41) is 0. The van der Waals surface area contributed by atoms with Gasteiger partial charge in [-0.25, -0.2) is 4.39 Å². The van der Waals surface area contributed by atoms with Gasteiger partial charge in [0.15, 0.2) is 0 Å². The molecule has 0 radical (unpaired) electrons. The Morgan fingerprint density at radius 1 is 1.41 bits per heavy atom. The van der Waals surface area contributed by atoms with E-state index >= 15 is 0 Å². The van der Waals surface area contributed by atoms with Crippen LogP contribution in [0, 0.1) is 5.82 Å². The van der Waals surface area contributed by atoms with Crippen molar-refractivity contribution in [2.75, 3.05) is 19.8 Å². The zero-order valence-electron chi connectivity index (χ0n) is 12.6. The summed E-state index contributed by atoms with van der Waals surface area (Å²) in [4.78, 5) is 15.7. The first kappa shape index (κ1) is 15.4. The zero-order chi connectivity index (χ0) is 15.6. The zero-order valence-corrected chi connectivity index (χ0v) is 12.6. The van der Waals surface area contributed by atoms with Crippen molar-refractivity contribution >= 4 is 5.97 Å². The number of esters is 1. The molecule has 1 aromatic rings. The van der Waals surface area contributed by atoms with Gasteiger partial charge in [0.25, 0.3) is 0 Å². The van der Waals surface area contributed by atoms with Crippen molar-refractivity contribution in [3.63, 3.8) is 0 Å². The average Bonchev–Trinajstić information content (AvgIpc) is 2.49. The molecule has 2 aliphatic heterocycles. The Morgan fingerprint density at radius 3 is 2.86 bits per heavy atom. The van der Waals surface area contributed by atoms with Crippen LogP contribution in [0.2, 0.25) is 0 Å². The number of carbonyl (C=O) groups excluding carboxylic acids is 1. The van der Waals surface area contributed by atoms with E-state index < -0.39 is 17.6 Å². The molecule has 0 aliphatic carbocycles. The molecule has 6 heteroatoms. The van der Waals surface area contributed by atoms with E-state index in [1.807, 2.05) is 0 Å². The minimum absolute atomic E-state index is 0.315. The van der Waals surface area contributed by atoms with Crippen molar-refractivity contribution in [3.05, 3.63) is 29.8 Å². The molecule has 0 aromatic carbocycles. The average molecular weight is 309 g/mol. The second kappa shape index (κ2) is 6.30. The number of hydrogen-bond acceptors (Lipinski definition) is 5. The van der Waals surface area contributed by atoms with Gasteiger partial charge in [-0.1, -0.05) is 0 Å². The van der Waals surface area contributed by atoms with Gasteiger partial charge in [0.05, 0.1) is 23.8 Å². The lowest BCUT2D eigenvalue weighted by Gasteiger charge is -2.48. The molecular weight excluding hydrogens is 289 g/mol. The lowest BCUT2D eigenvalue weighted by atomic mass is 9.73. The summed E-state index contributed by atoms with van der Waals surface area (Å²) in [5.74, 6) is -1.16. The van der Waals surface area contributed by atoms with E-state index in [1.54, 1.807) is 12.3 Å². The molecule has 5 nitrogen and oxygen atoms in total. The Morgan fingerprint density at radius 2 is 2.18 bits per heavy atom. The number of pyridine rings is 1. The molecule has 0 saturated carbocycles. The van der Waals surface area contributed by atoms with Crippen molar-refractivity contribution in [1.82, 2.24) is 4.98 Å². The second-order valence-corrected chi connectivity index (χ2v) is 5.81. The molecule has 3 heterocycles. The van der Waals surface area contributed by atoms with Crippen LogP contribution in [0.4, 0.5) is 4.39 Å². The van der Waals surface area contributed by atoms with Crippen LogP contribution in [0.15, 0.2) is 18.3 Å². The molecule has 0 bridgehead atoms. The highest BCUT2D eigenvalue weighted by atomic mass is 19.1. The van der Waals surface area contributed by atoms with E-state index in [-0.39, 0.29) is 11.8 Å². The number of ether oxygens (including phenoxy) is 3. The predicted molar refractivity (Wildman–Crippen MR) is 75.8 cm³/mol. The molecule has 2 aliphatic rings. The highest BCUT2D eigenvalue weighted by Crippen LogP contribution is 2.46. The predicted octanol–water partition coefficient (Wildman–Crippen LogP) is 2.21. The van der Waals surface area contributed by atoms with E-state index in [1.165, 1.54) is 13.0 Å². The summed E-state index contributed by atoms with van der Waals surface area (Å²) in [6.07, 6.45) is 2.97. The first-order valence-corrected chi connectivity index (χ1v) is 7.62. The molecule has 22 heavy (non-hydrogen) atoms. The van der Waals surface area contributed by atoms with Crippen LogP contribution >= 0.6 is 0 Å². The van der Waals surface area contributed by atoms with E-state index in [4.69, 9.17) is 14.2 Å². The Bertz CT molecular complexity index is 539. The molecule has 1 aromatic heterocycles. The van der Waals surface area contributed by atoms with E-state index in [0.717, 1.165) is 0 Å². The fourth-order valence-corrected chi connectivity index (χ4v) is 3.54. The number of halogens is 1. The van der Waals surface area contributed by atoms with Gasteiger partial charge in [0.1, 0.15) is 11.9 Å². The fraction of sp³-hybridized carbons (Fsp3) is 0.625. The van der Waals surface area contributed by atoms with Crippen LogP contribution in [-0.4, -0.2) is 42.5 Å². The van der Waals surface area contributed by atoms with Crippen molar-refractivity contribution < 1.29 is 23.4 Å². The molecule has 120 valence electrons. The van der Waals surface area contributed by atoms with Crippen LogP contribution < -0.4 is 0 Å². The van der Waals surface area contributed by atoms with Crippen LogP contribution in [0.3, 0.4) is 0 Å². The van der Waals surface area contributed by atoms with Gasteiger partial charge in [-0.3, -0.25) is 9.78 Å². The number of aromatic nitrogens is 1. The highest BCUT2D eigenvalue weighted by Gasteiger charge is 2.51. The molecule has 0 N–H and O–H groups in total. The van der Waals surface area contributed by atoms with Crippen LogP contribution in [0.25, 0.3) is 0 Å². The summed E-state index contributed by atoms with van der Waals surface area (Å²) < 4.78 is 31.3. The van der Waals surface area contributed by atoms with Crippen LogP contribution in [-0.2, 0) is 19.0 Å². The normalized spacial score (nSPS) is 27.5. The minimum Gasteiger partial charge on any atom is -0.462 e. The molecule has 0 amide bonds. The van der Waals surface area contributed by atoms with Gasteiger partial charge in [0.2, 0.25) is 0 Å². The summed E-state index contributed by atoms with van der Waals surface area (Å²) in [7, 11) is 0. The Kier molecular flexibility index (Phi) is 4.40. The van der Waals surface area contributed by atoms with Crippen LogP contribution in [0.1, 0.15) is 37.8 Å². The summed E-state index contributed by atoms with van der Waals surface area (Å²) in [5.41, 5.74) is -0.262. The Labute approximate surface area is 128 Å². The maximum atomic E-state index is 14.3. The van der Waals surface area contributed by atoms with Gasteiger partial charge in [-0.15, -0.1) is 0 Å². The minimum atomic E-state index is -0.578. The summed E-state index contributed by atoms with van der Waals surface area (Å²) >= 11 is 0. The van der Waals surface area contributed by atoms with Gasteiger partial charge < -0.3 is 14.2 Å². The highest BCUT2D eigenvalue weighted by molar-refractivity contribution is 5.66. The van der Waals surface area contributed by atoms with Crippen molar-refractivity contribution in [1.29, 1.82) is 0 Å². The van der Waals surface area contributed by atoms with Crippen molar-refractivity contribution in [3.8, 4) is 0 Å². The largest absolute Gasteiger partial charge is 0.462 e. The molecular formula is C16H20FNO4. The third kappa shape index (κ3) is 2.85. The molecule has 2 unspecified atom stereocenters. The fourth-order valence-electron chi connectivity index (χ4n) is 3.54. The third-order valence-corrected chi connectivity index (χ3v) is 4.47. The smallest absolute Gasteiger partial charge is 0.302 e. The first-order chi connectivity index (χ1) is 10.6. The Balaban J connectivity index is 2.01. The SMILES string of the molecule is CC(=O)OC1CCOC2(CCOCC2)C1c1ncccc1F. The second-order valence-electron chi connectivity index (χ2n) is 5.81. The first-order valence-electron chi connectivity index (χ1n) is 7.62. The number of carbonyl (C=O) groups is 1. The van der Waals surface area contributed by atoms with Gasteiger partial charge in [0, 0.05) is 45.6 Å². The number of nitrogens with zero attached hydrogens (tertiary/aromatic N) is 1. The van der Waals surface area contributed by atoms with E-state index in [0.29, 0.717) is 44.8 Å². The van der Waals surface area contributed by atoms with Gasteiger partial charge in [-0.2, -0.15) is 0 Å². The molecule has 2 saturated heterocycles. The molecule has 2 fully saturated rings. The number of hydrogen-bond donors (Lipinski definition) is 0. The summed E-state index contributed by atoms with van der Waals surface area (Å²) in [6.45, 7) is 2.97. The maximum absolute atomic E-state index is 14.3. The molecule has 2 atom stereocenters. The van der Waals surface area contributed by atoms with Crippen LogP contribution in [0.5, 0.6) is 0 Å². The lowest BCUT2D eigenvalue weighted by molar-refractivity contribution is -0.191. The quantitative estimate of drug-likeness (QED) is 0.784. The Hall–Kier alpha value is -1.53. The standard InChI is InChI=1S/C16H20FNO4/c1-11(19)22-13-4-8-21-16(5-9-20-10-6-16)14(13)15-12(17)3-2-7-18-15/h2-3,7,13-14H,4-6,8-10H2,1H3. The van der Waals surface area contributed by atoms with E-state index in [2.05, 4.69) is 4.98 Å².